The highest BCUT2D eigenvalue weighted by atomic mass is 15.1. The van der Waals surface area contributed by atoms with Crippen molar-refractivity contribution in [2.24, 2.45) is 0 Å². The summed E-state index contributed by atoms with van der Waals surface area (Å²) in [6.45, 7) is 9.68. The Morgan fingerprint density at radius 3 is 2.38 bits per heavy atom. The summed E-state index contributed by atoms with van der Waals surface area (Å²) in [4.78, 5) is 1.98. The van der Waals surface area contributed by atoms with Crippen LogP contribution in [0.3, 0.4) is 0 Å². The monoisotopic (exact) mass is 175 g/mol. The van der Waals surface area contributed by atoms with Gasteiger partial charge in [0.1, 0.15) is 0 Å². The topological polar surface area (TPSA) is 3.24 Å². The highest BCUT2D eigenvalue weighted by molar-refractivity contribution is 5.25. The van der Waals surface area contributed by atoms with Crippen molar-refractivity contribution in [3.05, 3.63) is 49.0 Å². The molecule has 1 aliphatic rings. The molecule has 0 atom stereocenters. The quantitative estimate of drug-likeness (QED) is 0.631. The van der Waals surface area contributed by atoms with Crippen molar-refractivity contribution in [2.45, 2.75) is 26.2 Å². The predicted octanol–water partition coefficient (Wildman–Crippen LogP) is 3.59. The highest BCUT2D eigenvalue weighted by Gasteiger charge is 2.07. The second-order valence-electron chi connectivity index (χ2n) is 3.11. The number of nitrogens with zero attached hydrogens (tertiary/aromatic N) is 1. The Kier molecular flexibility index (Phi) is 3.56. The molecule has 0 saturated heterocycles. The first-order valence-electron chi connectivity index (χ1n) is 4.73. The minimum Gasteiger partial charge on any atom is -0.329 e. The van der Waals surface area contributed by atoms with Crippen LogP contribution in [-0.4, -0.2) is 4.90 Å². The van der Waals surface area contributed by atoms with Crippen LogP contribution < -0.4 is 0 Å². The fraction of sp³-hybridized carbons (Fsp3) is 0.333. The summed E-state index contributed by atoms with van der Waals surface area (Å²) in [7, 11) is 0. The zero-order valence-corrected chi connectivity index (χ0v) is 8.29. The number of rotatable bonds is 4. The van der Waals surface area contributed by atoms with Crippen LogP contribution in [0.5, 0.6) is 0 Å². The molecule has 1 aliphatic carbocycles. The molecule has 0 fully saturated rings. The largest absolute Gasteiger partial charge is 0.329 e. The van der Waals surface area contributed by atoms with E-state index >= 15 is 0 Å². The Morgan fingerprint density at radius 2 is 2.00 bits per heavy atom. The van der Waals surface area contributed by atoms with Crippen LogP contribution in [-0.2, 0) is 0 Å². The normalized spacial score (nSPS) is 15.8. The first-order valence-corrected chi connectivity index (χ1v) is 4.73. The van der Waals surface area contributed by atoms with Crippen LogP contribution >= 0.6 is 0 Å². The van der Waals surface area contributed by atoms with Crippen molar-refractivity contribution in [1.29, 1.82) is 0 Å². The van der Waals surface area contributed by atoms with Gasteiger partial charge in [-0.05, 0) is 25.3 Å². The average molecular weight is 175 g/mol. The third kappa shape index (κ3) is 2.35. The van der Waals surface area contributed by atoms with Gasteiger partial charge in [-0.3, -0.25) is 0 Å². The summed E-state index contributed by atoms with van der Waals surface area (Å²) in [6, 6.07) is 0. The van der Waals surface area contributed by atoms with Gasteiger partial charge in [0.15, 0.2) is 0 Å². The maximum atomic E-state index is 3.74. The smallest absolute Gasteiger partial charge is 0.0223 e. The summed E-state index contributed by atoms with van der Waals surface area (Å²) >= 11 is 0. The minimum absolute atomic E-state index is 1.09. The van der Waals surface area contributed by atoms with E-state index in [4.69, 9.17) is 0 Å². The second kappa shape index (κ2) is 4.70. The van der Waals surface area contributed by atoms with Gasteiger partial charge in [0.05, 0.1) is 0 Å². The lowest BCUT2D eigenvalue weighted by Crippen LogP contribution is -2.10. The molecule has 0 aromatic rings. The van der Waals surface area contributed by atoms with Crippen molar-refractivity contribution < 1.29 is 0 Å². The summed E-state index contributed by atoms with van der Waals surface area (Å²) in [6.07, 6.45) is 11.4. The molecule has 13 heavy (non-hydrogen) atoms. The molecule has 70 valence electrons. The molecular weight excluding hydrogens is 158 g/mol. The Balaban J connectivity index is 2.73. The van der Waals surface area contributed by atoms with Gasteiger partial charge in [-0.2, -0.15) is 0 Å². The predicted molar refractivity (Wildman–Crippen MR) is 57.9 cm³/mol. The van der Waals surface area contributed by atoms with Gasteiger partial charge in [0, 0.05) is 18.1 Å². The Bertz CT molecular complexity index is 250. The van der Waals surface area contributed by atoms with Gasteiger partial charge < -0.3 is 4.90 Å². The van der Waals surface area contributed by atoms with Gasteiger partial charge in [-0.15, -0.1) is 0 Å². The second-order valence-corrected chi connectivity index (χ2v) is 3.11. The fourth-order valence-electron chi connectivity index (χ4n) is 1.49. The van der Waals surface area contributed by atoms with Gasteiger partial charge in [0.2, 0.25) is 0 Å². The maximum Gasteiger partial charge on any atom is 0.0223 e. The van der Waals surface area contributed by atoms with Crippen LogP contribution in [0.15, 0.2) is 49.0 Å². The fourth-order valence-corrected chi connectivity index (χ4v) is 1.49. The Morgan fingerprint density at radius 1 is 1.31 bits per heavy atom. The van der Waals surface area contributed by atoms with Gasteiger partial charge in [0.25, 0.3) is 0 Å². The Hall–Kier alpha value is -1.24. The van der Waals surface area contributed by atoms with Crippen molar-refractivity contribution >= 4 is 0 Å². The molecule has 0 radical (unpaired) electrons. The lowest BCUT2D eigenvalue weighted by molar-refractivity contribution is 0.583. The van der Waals surface area contributed by atoms with E-state index in [1.54, 1.807) is 12.4 Å². The van der Waals surface area contributed by atoms with E-state index in [0.717, 1.165) is 12.8 Å². The van der Waals surface area contributed by atoms with Crippen molar-refractivity contribution in [2.75, 3.05) is 0 Å². The molecule has 0 heterocycles. The zero-order chi connectivity index (χ0) is 9.68. The first-order chi connectivity index (χ1) is 6.31. The molecule has 1 rings (SSSR count). The van der Waals surface area contributed by atoms with Crippen LogP contribution in [0.4, 0.5) is 0 Å². The molecule has 0 aromatic heterocycles. The van der Waals surface area contributed by atoms with Gasteiger partial charge >= 0.3 is 0 Å². The van der Waals surface area contributed by atoms with Crippen molar-refractivity contribution in [1.82, 2.24) is 4.90 Å². The summed E-state index contributed by atoms with van der Waals surface area (Å²) in [5, 5.41) is 0. The van der Waals surface area contributed by atoms with Gasteiger partial charge in [-0.1, -0.05) is 31.7 Å². The van der Waals surface area contributed by atoms with E-state index < -0.39 is 0 Å². The molecule has 1 nitrogen and oxygen atoms in total. The molecule has 0 aromatic carbocycles. The molecule has 0 saturated carbocycles. The lowest BCUT2D eigenvalue weighted by Gasteiger charge is -2.21. The van der Waals surface area contributed by atoms with E-state index in [2.05, 4.69) is 32.2 Å². The zero-order valence-electron chi connectivity index (χ0n) is 8.29. The van der Waals surface area contributed by atoms with E-state index in [1.165, 1.54) is 17.7 Å². The highest BCUT2D eigenvalue weighted by Crippen LogP contribution is 2.23. The summed E-state index contributed by atoms with van der Waals surface area (Å²) in [5.74, 6) is 0. The molecular formula is C12H17N. The van der Waals surface area contributed by atoms with Gasteiger partial charge in [-0.25, -0.2) is 0 Å². The molecule has 0 aliphatic heterocycles. The number of allylic oxidation sites excluding steroid dienone is 4. The Labute approximate surface area is 80.7 Å². The van der Waals surface area contributed by atoms with Crippen LogP contribution in [0, 0.1) is 0 Å². The molecule has 0 amide bonds. The maximum absolute atomic E-state index is 3.74. The van der Waals surface area contributed by atoms with Crippen molar-refractivity contribution in [3.63, 3.8) is 0 Å². The van der Waals surface area contributed by atoms with E-state index in [9.17, 15) is 0 Å². The third-order valence-corrected chi connectivity index (χ3v) is 2.39. The molecule has 0 N–H and O–H groups in total. The number of hydrogen-bond donors (Lipinski definition) is 0. The first kappa shape index (κ1) is 9.85. The number of hydrogen-bond acceptors (Lipinski definition) is 1. The minimum atomic E-state index is 1.09. The van der Waals surface area contributed by atoms with E-state index in [1.807, 2.05) is 4.90 Å². The summed E-state index contributed by atoms with van der Waals surface area (Å²) < 4.78 is 0. The van der Waals surface area contributed by atoms with Crippen LogP contribution in [0.25, 0.3) is 0 Å². The lowest BCUT2D eigenvalue weighted by atomic mass is 10.0. The van der Waals surface area contributed by atoms with E-state index in [0.29, 0.717) is 0 Å². The van der Waals surface area contributed by atoms with E-state index in [-0.39, 0.29) is 0 Å². The standard InChI is InChI=1S/C12H17N/c1-4-11-7-9-12(10-8-11)13(5-2)6-3/h5-7,9H,2-4,8,10H2,1H3. The average Bonchev–Trinajstić information content (AvgIpc) is 2.21. The molecule has 0 bridgehead atoms. The van der Waals surface area contributed by atoms with Crippen LogP contribution in [0.1, 0.15) is 26.2 Å². The summed E-state index contributed by atoms with van der Waals surface area (Å²) in [5.41, 5.74) is 2.80. The molecule has 1 heteroatoms. The SMILES string of the molecule is C=CN(C=C)C1=CC=C(CC)CC1. The van der Waals surface area contributed by atoms with Crippen molar-refractivity contribution in [3.8, 4) is 0 Å². The molecule has 0 spiro atoms. The third-order valence-electron chi connectivity index (χ3n) is 2.39. The van der Waals surface area contributed by atoms with Crippen LogP contribution in [0.2, 0.25) is 0 Å². The molecule has 0 unspecified atom stereocenters.